The van der Waals surface area contributed by atoms with Gasteiger partial charge < -0.3 is 30.6 Å². The van der Waals surface area contributed by atoms with Crippen molar-refractivity contribution in [2.75, 3.05) is 32.0 Å². The minimum absolute atomic E-state index is 0.0228. The van der Waals surface area contributed by atoms with Crippen molar-refractivity contribution in [2.24, 2.45) is 5.41 Å². The Bertz CT molecular complexity index is 1740. The maximum Gasteiger partial charge on any atom is 0.407 e. The number of halogens is 2. The Morgan fingerprint density at radius 1 is 0.898 bits per heavy atom. The standard InChI is InChI=1S/C24H26BrN.C14H16BrN3O5/c1-23(2,3)16-13-14-24(26-4,21(25)15-16)22-19-11-7-5-9-17(19)18-10-6-8-12-20(18)22;15-10-3-1-2-4-11(10)16-12(19)7-9-8-17(13(20)21)5-6-18(9)14(22)23/h5-15,21-22,26H,1-4H3;1-4,9H,5-8H2,(H,16,19)(H,20,21)(H,22,23). The van der Waals surface area contributed by atoms with Crippen LogP contribution in [0.15, 0.2) is 101 Å². The van der Waals surface area contributed by atoms with Crippen molar-refractivity contribution in [1.82, 2.24) is 15.1 Å². The van der Waals surface area contributed by atoms with Crippen LogP contribution in [0.25, 0.3) is 11.1 Å². The topological polar surface area (TPSA) is 122 Å². The number of benzene rings is 3. The van der Waals surface area contributed by atoms with Crippen LogP contribution in [0, 0.1) is 5.41 Å². The lowest BCUT2D eigenvalue weighted by Crippen LogP contribution is -2.56. The predicted molar refractivity (Wildman–Crippen MR) is 200 cm³/mol. The number of nitrogens with one attached hydrogen (secondary N) is 2. The predicted octanol–water partition coefficient (Wildman–Crippen LogP) is 8.18. The first-order valence-electron chi connectivity index (χ1n) is 16.2. The number of para-hydroxylation sites is 1. The van der Waals surface area contributed by atoms with Crippen LogP contribution >= 0.6 is 31.9 Å². The van der Waals surface area contributed by atoms with Gasteiger partial charge in [0.05, 0.1) is 22.1 Å². The van der Waals surface area contributed by atoms with Crippen molar-refractivity contribution in [3.8, 4) is 11.1 Å². The zero-order valence-electron chi connectivity index (χ0n) is 28.0. The van der Waals surface area contributed by atoms with Crippen LogP contribution in [0.5, 0.6) is 0 Å². The summed E-state index contributed by atoms with van der Waals surface area (Å²) in [6.07, 6.45) is 4.70. The van der Waals surface area contributed by atoms with Gasteiger partial charge in [0.1, 0.15) is 0 Å². The van der Waals surface area contributed by atoms with E-state index in [1.54, 1.807) is 24.3 Å². The van der Waals surface area contributed by atoms with E-state index in [9.17, 15) is 19.5 Å². The highest BCUT2D eigenvalue weighted by atomic mass is 79.9. The van der Waals surface area contributed by atoms with Gasteiger partial charge in [0.25, 0.3) is 0 Å². The molecule has 49 heavy (non-hydrogen) atoms. The number of fused-ring (bicyclic) bond motifs is 3. The minimum Gasteiger partial charge on any atom is -0.465 e. The molecule has 0 saturated carbocycles. The van der Waals surface area contributed by atoms with Gasteiger partial charge in [0, 0.05) is 36.4 Å². The van der Waals surface area contributed by atoms with E-state index in [1.807, 2.05) is 0 Å². The first-order valence-corrected chi connectivity index (χ1v) is 17.9. The zero-order chi connectivity index (χ0) is 35.5. The number of amides is 3. The third-order valence-electron chi connectivity index (χ3n) is 9.50. The average Bonchev–Trinajstić information content (AvgIpc) is 3.40. The van der Waals surface area contributed by atoms with Gasteiger partial charge >= 0.3 is 12.2 Å². The highest BCUT2D eigenvalue weighted by Gasteiger charge is 2.48. The third kappa shape index (κ3) is 7.64. The maximum absolute atomic E-state index is 12.2. The smallest absolute Gasteiger partial charge is 0.407 e. The maximum atomic E-state index is 12.2. The van der Waals surface area contributed by atoms with Crippen LogP contribution in [0.2, 0.25) is 0 Å². The van der Waals surface area contributed by atoms with Crippen molar-refractivity contribution in [1.29, 1.82) is 0 Å². The number of rotatable bonds is 5. The van der Waals surface area contributed by atoms with Gasteiger partial charge in [-0.25, -0.2) is 9.59 Å². The molecule has 4 N–H and O–H groups in total. The fourth-order valence-electron chi connectivity index (χ4n) is 6.90. The number of likely N-dealkylation sites (N-methyl/N-ethyl adjacent to an activating group) is 1. The lowest BCUT2D eigenvalue weighted by atomic mass is 9.70. The number of carboxylic acid groups (broad SMARTS) is 2. The summed E-state index contributed by atoms with van der Waals surface area (Å²) in [5.41, 5.74) is 7.44. The molecule has 1 saturated heterocycles. The SMILES string of the molecule is CNC1(C2c3ccccc3-c3ccccc32)C=CC(C(C)(C)C)=CC1Br.O=C(CC1CN(C(=O)O)CCN1C(=O)O)Nc1ccccc1Br. The molecule has 1 fully saturated rings. The van der Waals surface area contributed by atoms with E-state index in [0.717, 1.165) is 9.80 Å². The summed E-state index contributed by atoms with van der Waals surface area (Å²) >= 11 is 7.34. The third-order valence-corrected chi connectivity index (χ3v) is 11.2. The number of nitrogens with zero attached hydrogens (tertiary/aromatic N) is 2. The van der Waals surface area contributed by atoms with E-state index in [1.165, 1.54) is 27.8 Å². The lowest BCUT2D eigenvalue weighted by molar-refractivity contribution is -0.117. The number of carbonyl (C=O) groups is 3. The van der Waals surface area contributed by atoms with Crippen molar-refractivity contribution < 1.29 is 24.6 Å². The molecule has 0 aromatic heterocycles. The first-order chi connectivity index (χ1) is 23.3. The summed E-state index contributed by atoms with van der Waals surface area (Å²) in [5.74, 6) is -0.0984. The van der Waals surface area contributed by atoms with E-state index in [2.05, 4.69) is 137 Å². The summed E-state index contributed by atoms with van der Waals surface area (Å²) in [6.45, 7) is 6.95. The van der Waals surface area contributed by atoms with Crippen LogP contribution in [0.4, 0.5) is 15.3 Å². The molecule has 258 valence electrons. The Morgan fingerprint density at radius 2 is 1.49 bits per heavy atom. The Labute approximate surface area is 304 Å². The number of carbonyl (C=O) groups excluding carboxylic acids is 1. The van der Waals surface area contributed by atoms with Gasteiger partial charge in [-0.05, 0) is 68.4 Å². The molecule has 3 amide bonds. The zero-order valence-corrected chi connectivity index (χ0v) is 31.2. The van der Waals surface area contributed by atoms with Gasteiger partial charge in [-0.3, -0.25) is 4.79 Å². The van der Waals surface area contributed by atoms with E-state index >= 15 is 0 Å². The van der Waals surface area contributed by atoms with Crippen LogP contribution in [0.3, 0.4) is 0 Å². The Morgan fingerprint density at radius 3 is 2.02 bits per heavy atom. The number of alkyl halides is 1. The van der Waals surface area contributed by atoms with Gasteiger partial charge in [-0.1, -0.05) is 116 Å². The van der Waals surface area contributed by atoms with Gasteiger partial charge in [-0.2, -0.15) is 0 Å². The molecule has 6 rings (SSSR count). The highest BCUT2D eigenvalue weighted by Crippen LogP contribution is 2.53. The van der Waals surface area contributed by atoms with E-state index in [0.29, 0.717) is 10.2 Å². The average molecular weight is 795 g/mol. The number of allylic oxidation sites excluding steroid dienone is 2. The van der Waals surface area contributed by atoms with E-state index < -0.39 is 18.2 Å². The van der Waals surface area contributed by atoms with Crippen LogP contribution in [0.1, 0.15) is 44.2 Å². The van der Waals surface area contributed by atoms with Crippen molar-refractivity contribution in [2.45, 2.75) is 49.5 Å². The molecule has 3 unspecified atom stereocenters. The summed E-state index contributed by atoms with van der Waals surface area (Å²) in [5, 5.41) is 24.6. The summed E-state index contributed by atoms with van der Waals surface area (Å²) in [4.78, 5) is 36.9. The molecule has 0 radical (unpaired) electrons. The second-order valence-corrected chi connectivity index (χ2v) is 15.3. The van der Waals surface area contributed by atoms with Crippen molar-refractivity contribution in [3.63, 3.8) is 0 Å². The molecule has 0 bridgehead atoms. The van der Waals surface area contributed by atoms with Crippen molar-refractivity contribution >= 4 is 55.6 Å². The fraction of sp³-hybridized carbons (Fsp3) is 0.342. The summed E-state index contributed by atoms with van der Waals surface area (Å²) in [6, 6.07) is 24.0. The minimum atomic E-state index is -1.16. The highest BCUT2D eigenvalue weighted by molar-refractivity contribution is 9.10. The lowest BCUT2D eigenvalue weighted by Gasteiger charge is -2.43. The molecular formula is C38H42Br2N4O5. The molecule has 0 spiro atoms. The normalized spacial score (nSPS) is 21.6. The van der Waals surface area contributed by atoms with Gasteiger partial charge in [0.15, 0.2) is 0 Å². The van der Waals surface area contributed by atoms with Gasteiger partial charge in [-0.15, -0.1) is 0 Å². The number of anilines is 1. The molecule has 11 heteroatoms. The number of piperazine rings is 1. The molecule has 3 atom stereocenters. The molecule has 9 nitrogen and oxygen atoms in total. The number of hydrogen-bond donors (Lipinski definition) is 4. The Hall–Kier alpha value is -3.93. The first kappa shape index (κ1) is 36.4. The summed E-state index contributed by atoms with van der Waals surface area (Å²) in [7, 11) is 2.08. The largest absolute Gasteiger partial charge is 0.465 e. The second kappa shape index (κ2) is 14.9. The van der Waals surface area contributed by atoms with Gasteiger partial charge in [0.2, 0.25) is 5.91 Å². The monoisotopic (exact) mass is 792 g/mol. The molecule has 3 aromatic rings. The van der Waals surface area contributed by atoms with Crippen LogP contribution in [-0.4, -0.2) is 81.2 Å². The molecule has 2 aliphatic carbocycles. The van der Waals surface area contributed by atoms with E-state index in [4.69, 9.17) is 5.11 Å². The van der Waals surface area contributed by atoms with Crippen LogP contribution in [-0.2, 0) is 4.79 Å². The molecule has 3 aliphatic rings. The molecular weight excluding hydrogens is 752 g/mol. The Balaban J connectivity index is 0.000000193. The fourth-order valence-corrected chi connectivity index (χ4v) is 8.21. The number of hydrogen-bond acceptors (Lipinski definition) is 4. The van der Waals surface area contributed by atoms with E-state index in [-0.39, 0.29) is 53.7 Å². The molecule has 3 aromatic carbocycles. The van der Waals surface area contributed by atoms with Crippen molar-refractivity contribution in [3.05, 3.63) is 112 Å². The van der Waals surface area contributed by atoms with Crippen LogP contribution < -0.4 is 10.6 Å². The second-order valence-electron chi connectivity index (χ2n) is 13.5. The quantitative estimate of drug-likeness (QED) is 0.194. The Kier molecular flexibility index (Phi) is 11.1. The summed E-state index contributed by atoms with van der Waals surface area (Å²) < 4.78 is 0.708. The molecule has 1 aliphatic heterocycles. The molecule has 1 heterocycles.